The van der Waals surface area contributed by atoms with Crippen molar-refractivity contribution >= 4 is 16.9 Å². The van der Waals surface area contributed by atoms with Gasteiger partial charge in [0.25, 0.3) is 0 Å². The monoisotopic (exact) mass is 345 g/mol. The highest BCUT2D eigenvalue weighted by Crippen LogP contribution is 2.29. The Bertz CT molecular complexity index is 1030. The predicted molar refractivity (Wildman–Crippen MR) is 102 cm³/mol. The van der Waals surface area contributed by atoms with E-state index in [4.69, 9.17) is 0 Å². The minimum absolute atomic E-state index is 0.610. The molecule has 0 fully saturated rings. The van der Waals surface area contributed by atoms with Crippen LogP contribution in [0.5, 0.6) is 0 Å². The van der Waals surface area contributed by atoms with E-state index in [1.54, 1.807) is 13.1 Å². The number of aromatic nitrogens is 4. The molecule has 4 aromatic heterocycles. The van der Waals surface area contributed by atoms with Gasteiger partial charge in [0.15, 0.2) is 0 Å². The Morgan fingerprint density at radius 1 is 1.15 bits per heavy atom. The Labute approximate surface area is 151 Å². The van der Waals surface area contributed by atoms with Gasteiger partial charge in [-0.15, -0.1) is 0 Å². The van der Waals surface area contributed by atoms with Gasteiger partial charge in [0.05, 0.1) is 17.5 Å². The van der Waals surface area contributed by atoms with Crippen molar-refractivity contribution in [2.75, 3.05) is 5.32 Å². The maximum Gasteiger partial charge on any atom is 0.140 e. The Morgan fingerprint density at radius 3 is 2.88 bits per heavy atom. The van der Waals surface area contributed by atoms with Crippen LogP contribution in [0.15, 0.2) is 61.1 Å². The Hall–Kier alpha value is -3.25. The fraction of sp³-hybridized carbons (Fsp3) is 0.150. The molecule has 0 spiro atoms. The fourth-order valence-corrected chi connectivity index (χ4v) is 2.87. The van der Waals surface area contributed by atoms with E-state index in [1.807, 2.05) is 54.9 Å². The lowest BCUT2D eigenvalue weighted by Crippen LogP contribution is -2.03. The number of rotatable bonds is 5. The first kappa shape index (κ1) is 16.2. The molecule has 6 heteroatoms. The number of nitrogens with one attached hydrogen (secondary N) is 2. The molecule has 0 aromatic carbocycles. The molecule has 4 rings (SSSR count). The Kier molecular flexibility index (Phi) is 4.33. The summed E-state index contributed by atoms with van der Waals surface area (Å²) in [6, 6.07) is 13.6. The summed E-state index contributed by atoms with van der Waals surface area (Å²) in [6.07, 6.45) is 4.84. The van der Waals surface area contributed by atoms with Crippen molar-refractivity contribution in [2.24, 2.45) is 0 Å². The number of aromatic amines is 1. The largest absolute Gasteiger partial charge is 0.387 e. The number of pyridine rings is 3. The smallest absolute Gasteiger partial charge is 0.140 e. The van der Waals surface area contributed by atoms with E-state index in [0.29, 0.717) is 12.2 Å². The lowest BCUT2D eigenvalue weighted by molar-refractivity contribution is 0.194. The topological polar surface area (TPSA) is 86.7 Å². The minimum Gasteiger partial charge on any atom is -0.387 e. The second-order valence-electron chi connectivity index (χ2n) is 6.13. The lowest BCUT2D eigenvalue weighted by atomic mass is 10.1. The third-order valence-electron chi connectivity index (χ3n) is 4.20. The fourth-order valence-electron chi connectivity index (χ4n) is 2.87. The molecular formula is C20H19N5O. The van der Waals surface area contributed by atoms with Crippen molar-refractivity contribution in [1.82, 2.24) is 19.9 Å². The van der Waals surface area contributed by atoms with Crippen LogP contribution in [0.4, 0.5) is 5.82 Å². The molecule has 1 atom stereocenters. The number of aliphatic hydroxyl groups is 1. The molecule has 6 nitrogen and oxygen atoms in total. The lowest BCUT2D eigenvalue weighted by Gasteiger charge is -2.11. The molecule has 0 aliphatic rings. The van der Waals surface area contributed by atoms with Crippen molar-refractivity contribution in [2.45, 2.75) is 19.6 Å². The van der Waals surface area contributed by atoms with Crippen LogP contribution in [0.1, 0.15) is 24.3 Å². The zero-order chi connectivity index (χ0) is 17.9. The second-order valence-corrected chi connectivity index (χ2v) is 6.13. The van der Waals surface area contributed by atoms with E-state index in [-0.39, 0.29) is 0 Å². The molecule has 0 saturated heterocycles. The summed E-state index contributed by atoms with van der Waals surface area (Å²) in [4.78, 5) is 16.5. The highest BCUT2D eigenvalue weighted by atomic mass is 16.3. The number of H-pyrrole nitrogens is 1. The SMILES string of the molecule is CC(O)c1cccc(-c2cc(NCc3cccnc3)nc3[nH]ccc23)n1. The van der Waals surface area contributed by atoms with Crippen LogP contribution < -0.4 is 5.32 Å². The molecule has 4 aromatic rings. The average molecular weight is 345 g/mol. The van der Waals surface area contributed by atoms with Crippen LogP contribution in [-0.2, 0) is 6.54 Å². The third-order valence-corrected chi connectivity index (χ3v) is 4.20. The Balaban J connectivity index is 1.72. The molecule has 1 unspecified atom stereocenters. The second kappa shape index (κ2) is 6.93. The zero-order valence-corrected chi connectivity index (χ0v) is 14.3. The van der Waals surface area contributed by atoms with Gasteiger partial charge in [-0.05, 0) is 42.8 Å². The summed E-state index contributed by atoms with van der Waals surface area (Å²) in [6.45, 7) is 2.35. The normalized spacial score (nSPS) is 12.2. The van der Waals surface area contributed by atoms with Gasteiger partial charge in [-0.2, -0.15) is 0 Å². The van der Waals surface area contributed by atoms with Crippen molar-refractivity contribution in [3.8, 4) is 11.3 Å². The van der Waals surface area contributed by atoms with E-state index in [9.17, 15) is 5.11 Å². The van der Waals surface area contributed by atoms with Crippen LogP contribution in [0.2, 0.25) is 0 Å². The molecule has 0 amide bonds. The van der Waals surface area contributed by atoms with Gasteiger partial charge < -0.3 is 15.4 Å². The maximum absolute atomic E-state index is 9.83. The van der Waals surface area contributed by atoms with Crippen molar-refractivity contribution in [3.63, 3.8) is 0 Å². The molecular weight excluding hydrogens is 326 g/mol. The zero-order valence-electron chi connectivity index (χ0n) is 14.3. The van der Waals surface area contributed by atoms with Gasteiger partial charge in [0.2, 0.25) is 0 Å². The number of anilines is 1. The number of hydrogen-bond donors (Lipinski definition) is 3. The number of aliphatic hydroxyl groups excluding tert-OH is 1. The van der Waals surface area contributed by atoms with Gasteiger partial charge >= 0.3 is 0 Å². The summed E-state index contributed by atoms with van der Waals surface area (Å²) in [7, 11) is 0. The molecule has 0 saturated carbocycles. The van der Waals surface area contributed by atoms with Gasteiger partial charge in [-0.3, -0.25) is 9.97 Å². The summed E-state index contributed by atoms with van der Waals surface area (Å²) >= 11 is 0. The highest BCUT2D eigenvalue weighted by Gasteiger charge is 2.12. The van der Waals surface area contributed by atoms with Gasteiger partial charge in [0, 0.05) is 36.1 Å². The summed E-state index contributed by atoms with van der Waals surface area (Å²) in [5.74, 6) is 0.753. The number of fused-ring (bicyclic) bond motifs is 1. The van der Waals surface area contributed by atoms with Crippen LogP contribution in [0.25, 0.3) is 22.3 Å². The van der Waals surface area contributed by atoms with Crippen LogP contribution >= 0.6 is 0 Å². The van der Waals surface area contributed by atoms with Crippen LogP contribution in [-0.4, -0.2) is 25.0 Å². The molecule has 130 valence electrons. The van der Waals surface area contributed by atoms with Crippen molar-refractivity contribution in [1.29, 1.82) is 0 Å². The van der Waals surface area contributed by atoms with E-state index >= 15 is 0 Å². The summed E-state index contributed by atoms with van der Waals surface area (Å²) in [5, 5.41) is 14.2. The molecule has 3 N–H and O–H groups in total. The molecule has 0 aliphatic heterocycles. The first-order valence-electron chi connectivity index (χ1n) is 8.47. The van der Waals surface area contributed by atoms with Gasteiger partial charge in [-0.1, -0.05) is 12.1 Å². The first-order chi connectivity index (χ1) is 12.7. The molecule has 0 radical (unpaired) electrons. The van der Waals surface area contributed by atoms with E-state index in [0.717, 1.165) is 33.7 Å². The predicted octanol–water partition coefficient (Wildman–Crippen LogP) is 3.69. The van der Waals surface area contributed by atoms with Crippen molar-refractivity contribution in [3.05, 3.63) is 72.3 Å². The summed E-state index contributed by atoms with van der Waals surface area (Å²) in [5.41, 5.74) is 4.29. The minimum atomic E-state index is -0.610. The standard InChI is InChI=1S/C20H19N5O/c1-13(26)17-5-2-6-18(24-17)16-10-19(25-20-15(16)7-9-22-20)23-12-14-4-3-8-21-11-14/h2-11,13,26H,12H2,1H3,(H2,22,23,25). The van der Waals surface area contributed by atoms with Crippen LogP contribution in [0.3, 0.4) is 0 Å². The molecule has 4 heterocycles. The number of nitrogens with zero attached hydrogens (tertiary/aromatic N) is 3. The van der Waals surface area contributed by atoms with E-state index in [2.05, 4.69) is 25.3 Å². The Morgan fingerprint density at radius 2 is 2.08 bits per heavy atom. The molecule has 0 bridgehead atoms. The third kappa shape index (κ3) is 3.27. The molecule has 0 aliphatic carbocycles. The highest BCUT2D eigenvalue weighted by molar-refractivity contribution is 5.93. The maximum atomic E-state index is 9.83. The first-order valence-corrected chi connectivity index (χ1v) is 8.47. The van der Waals surface area contributed by atoms with Gasteiger partial charge in [0.1, 0.15) is 11.5 Å². The average Bonchev–Trinajstić information content (AvgIpc) is 3.15. The summed E-state index contributed by atoms with van der Waals surface area (Å²) < 4.78 is 0. The van der Waals surface area contributed by atoms with Gasteiger partial charge in [-0.25, -0.2) is 4.98 Å². The van der Waals surface area contributed by atoms with E-state index < -0.39 is 6.10 Å². The van der Waals surface area contributed by atoms with Crippen molar-refractivity contribution < 1.29 is 5.11 Å². The quantitative estimate of drug-likeness (QED) is 0.513. The molecule has 26 heavy (non-hydrogen) atoms. The van der Waals surface area contributed by atoms with E-state index in [1.165, 1.54) is 0 Å². The van der Waals surface area contributed by atoms with Crippen LogP contribution in [0, 0.1) is 0 Å². The number of hydrogen-bond acceptors (Lipinski definition) is 5.